The molecule has 1 aromatic rings. The van der Waals surface area contributed by atoms with E-state index in [4.69, 9.17) is 0 Å². The number of aromatic amines is 1. The smallest absolute Gasteiger partial charge is 0.0823 e. The van der Waals surface area contributed by atoms with Crippen LogP contribution in [0.2, 0.25) is 0 Å². The van der Waals surface area contributed by atoms with Gasteiger partial charge in [-0.15, -0.1) is 0 Å². The number of hydrogen-bond donors (Lipinski definition) is 1. The number of rotatable bonds is 0. The SMILES string of the molecule is Cc1cc2c([nH]1)=CCCN=2. The molecule has 10 heavy (non-hydrogen) atoms. The number of nitrogens with zero attached hydrogens (tertiary/aromatic N) is 1. The average molecular weight is 134 g/mol. The quantitative estimate of drug-likeness (QED) is 0.522. The van der Waals surface area contributed by atoms with Gasteiger partial charge in [-0.25, -0.2) is 0 Å². The molecule has 0 amide bonds. The van der Waals surface area contributed by atoms with Crippen molar-refractivity contribution >= 4 is 6.08 Å². The monoisotopic (exact) mass is 134 g/mol. The Morgan fingerprint density at radius 2 is 2.50 bits per heavy atom. The largest absolute Gasteiger partial charge is 0.358 e. The standard InChI is InChI=1S/C8H10N2/c1-6-5-8-7(10-6)3-2-4-9-8/h3,5,10H,2,4H2,1H3. The van der Waals surface area contributed by atoms with E-state index in [0.717, 1.165) is 18.3 Å². The first-order chi connectivity index (χ1) is 4.86. The van der Waals surface area contributed by atoms with Gasteiger partial charge in [0.25, 0.3) is 0 Å². The van der Waals surface area contributed by atoms with Crippen LogP contribution in [-0.4, -0.2) is 11.5 Å². The summed E-state index contributed by atoms with van der Waals surface area (Å²) in [7, 11) is 0. The molecule has 2 heterocycles. The van der Waals surface area contributed by atoms with Gasteiger partial charge in [0.15, 0.2) is 0 Å². The summed E-state index contributed by atoms with van der Waals surface area (Å²) < 4.78 is 0. The molecule has 2 rings (SSSR count). The third kappa shape index (κ3) is 0.764. The first-order valence-electron chi connectivity index (χ1n) is 3.56. The van der Waals surface area contributed by atoms with E-state index in [1.165, 1.54) is 11.0 Å². The fourth-order valence-corrected chi connectivity index (χ4v) is 1.28. The maximum absolute atomic E-state index is 4.35. The lowest BCUT2D eigenvalue weighted by Crippen LogP contribution is -2.25. The van der Waals surface area contributed by atoms with Crippen LogP contribution < -0.4 is 10.7 Å². The van der Waals surface area contributed by atoms with Crippen LogP contribution in [0.1, 0.15) is 12.1 Å². The lowest BCUT2D eigenvalue weighted by atomic mass is 10.3. The Balaban J connectivity index is 2.83. The fourth-order valence-electron chi connectivity index (χ4n) is 1.28. The van der Waals surface area contributed by atoms with Crippen molar-refractivity contribution in [3.8, 4) is 0 Å². The van der Waals surface area contributed by atoms with Gasteiger partial charge in [0.2, 0.25) is 0 Å². The Bertz CT molecular complexity index is 312. The number of nitrogens with one attached hydrogen (secondary N) is 1. The van der Waals surface area contributed by atoms with Crippen molar-refractivity contribution in [3.05, 3.63) is 22.5 Å². The first-order valence-corrected chi connectivity index (χ1v) is 3.56. The highest BCUT2D eigenvalue weighted by molar-refractivity contribution is 5.23. The van der Waals surface area contributed by atoms with Gasteiger partial charge in [0, 0.05) is 12.2 Å². The molecule has 0 aliphatic carbocycles. The second kappa shape index (κ2) is 1.97. The zero-order chi connectivity index (χ0) is 6.97. The maximum Gasteiger partial charge on any atom is 0.0823 e. The third-order valence-corrected chi connectivity index (χ3v) is 1.72. The zero-order valence-electron chi connectivity index (χ0n) is 6.02. The van der Waals surface area contributed by atoms with Crippen LogP contribution >= 0.6 is 0 Å². The van der Waals surface area contributed by atoms with Crippen LogP contribution in [-0.2, 0) is 0 Å². The number of aromatic nitrogens is 1. The van der Waals surface area contributed by atoms with E-state index in [1.807, 2.05) is 0 Å². The van der Waals surface area contributed by atoms with Crippen molar-refractivity contribution in [2.45, 2.75) is 13.3 Å². The number of fused-ring (bicyclic) bond motifs is 1. The summed E-state index contributed by atoms with van der Waals surface area (Å²) in [5.41, 5.74) is 1.20. The molecule has 2 heteroatoms. The lowest BCUT2D eigenvalue weighted by molar-refractivity contribution is 0.954. The summed E-state index contributed by atoms with van der Waals surface area (Å²) in [5.74, 6) is 0. The van der Waals surface area contributed by atoms with Crippen molar-refractivity contribution in [2.24, 2.45) is 4.99 Å². The molecule has 0 fully saturated rings. The Kier molecular flexibility index (Phi) is 1.13. The van der Waals surface area contributed by atoms with E-state index < -0.39 is 0 Å². The van der Waals surface area contributed by atoms with Gasteiger partial charge in [0.1, 0.15) is 0 Å². The van der Waals surface area contributed by atoms with E-state index in [-0.39, 0.29) is 0 Å². The highest BCUT2D eigenvalue weighted by atomic mass is 14.8. The lowest BCUT2D eigenvalue weighted by Gasteiger charge is -1.91. The highest BCUT2D eigenvalue weighted by Crippen LogP contribution is 1.87. The molecular weight excluding hydrogens is 124 g/mol. The summed E-state index contributed by atoms with van der Waals surface area (Å²) in [6, 6.07) is 2.09. The molecule has 2 nitrogen and oxygen atoms in total. The molecule has 52 valence electrons. The number of H-pyrrole nitrogens is 1. The van der Waals surface area contributed by atoms with Crippen LogP contribution in [0.25, 0.3) is 6.08 Å². The minimum atomic E-state index is 0.949. The molecule has 0 saturated carbocycles. The molecular formula is C8H10N2. The van der Waals surface area contributed by atoms with E-state index in [0.29, 0.717) is 0 Å². The zero-order valence-corrected chi connectivity index (χ0v) is 6.02. The van der Waals surface area contributed by atoms with Crippen molar-refractivity contribution in [3.63, 3.8) is 0 Å². The van der Waals surface area contributed by atoms with Crippen LogP contribution in [0.15, 0.2) is 11.1 Å². The molecule has 1 aliphatic heterocycles. The van der Waals surface area contributed by atoms with Crippen LogP contribution in [0.4, 0.5) is 0 Å². The number of hydrogen-bond acceptors (Lipinski definition) is 1. The molecule has 1 aromatic heterocycles. The Labute approximate surface area is 59.3 Å². The second-order valence-corrected chi connectivity index (χ2v) is 2.63. The van der Waals surface area contributed by atoms with Gasteiger partial charge < -0.3 is 4.98 Å². The third-order valence-electron chi connectivity index (χ3n) is 1.72. The predicted octanol–water partition coefficient (Wildman–Crippen LogP) is 0.127. The van der Waals surface area contributed by atoms with Crippen molar-refractivity contribution < 1.29 is 0 Å². The van der Waals surface area contributed by atoms with Crippen molar-refractivity contribution in [1.82, 2.24) is 4.98 Å². The van der Waals surface area contributed by atoms with E-state index in [9.17, 15) is 0 Å². The van der Waals surface area contributed by atoms with E-state index in [2.05, 4.69) is 29.0 Å². The Hall–Kier alpha value is -1.05. The first kappa shape index (κ1) is 5.71. The van der Waals surface area contributed by atoms with E-state index >= 15 is 0 Å². The van der Waals surface area contributed by atoms with Gasteiger partial charge in [-0.05, 0) is 19.4 Å². The fraction of sp³-hybridized carbons (Fsp3) is 0.375. The summed E-state index contributed by atoms with van der Waals surface area (Å²) in [6.07, 6.45) is 3.28. The molecule has 0 saturated heterocycles. The highest BCUT2D eigenvalue weighted by Gasteiger charge is 1.95. The Morgan fingerprint density at radius 1 is 1.60 bits per heavy atom. The minimum absolute atomic E-state index is 0.949. The summed E-state index contributed by atoms with van der Waals surface area (Å²) >= 11 is 0. The molecule has 1 N–H and O–H groups in total. The van der Waals surface area contributed by atoms with Gasteiger partial charge >= 0.3 is 0 Å². The average Bonchev–Trinajstić information content (AvgIpc) is 2.27. The van der Waals surface area contributed by atoms with Gasteiger partial charge in [-0.2, -0.15) is 0 Å². The predicted molar refractivity (Wildman–Crippen MR) is 40.3 cm³/mol. The summed E-state index contributed by atoms with van der Waals surface area (Å²) in [5, 5.41) is 2.33. The molecule has 0 radical (unpaired) electrons. The van der Waals surface area contributed by atoms with E-state index in [1.54, 1.807) is 0 Å². The molecule has 0 aromatic carbocycles. The van der Waals surface area contributed by atoms with Crippen LogP contribution in [0, 0.1) is 6.92 Å². The van der Waals surface area contributed by atoms with Gasteiger partial charge in [-0.1, -0.05) is 6.08 Å². The molecule has 0 spiro atoms. The van der Waals surface area contributed by atoms with Crippen LogP contribution in [0.5, 0.6) is 0 Å². The minimum Gasteiger partial charge on any atom is -0.358 e. The molecule has 0 bridgehead atoms. The topological polar surface area (TPSA) is 28.1 Å². The second-order valence-electron chi connectivity index (χ2n) is 2.63. The van der Waals surface area contributed by atoms with Crippen LogP contribution in [0.3, 0.4) is 0 Å². The van der Waals surface area contributed by atoms with Crippen molar-refractivity contribution in [1.29, 1.82) is 0 Å². The van der Waals surface area contributed by atoms with Gasteiger partial charge in [0.05, 0.1) is 10.7 Å². The maximum atomic E-state index is 4.35. The molecule has 0 unspecified atom stereocenters. The molecule has 1 aliphatic rings. The van der Waals surface area contributed by atoms with Crippen molar-refractivity contribution in [2.75, 3.05) is 6.54 Å². The Morgan fingerprint density at radius 3 is 3.30 bits per heavy atom. The molecule has 0 atom stereocenters. The summed E-state index contributed by atoms with van der Waals surface area (Å²) in [4.78, 5) is 7.60. The number of aryl methyl sites for hydroxylation is 1. The van der Waals surface area contributed by atoms with Gasteiger partial charge in [-0.3, -0.25) is 4.99 Å². The normalized spacial score (nSPS) is 15.3. The summed E-state index contributed by atoms with van der Waals surface area (Å²) in [6.45, 7) is 3.01.